The number of benzene rings is 1. The van der Waals surface area contributed by atoms with E-state index in [-0.39, 0.29) is 23.8 Å². The SMILES string of the molecule is Cc1ccc([N+](=O)[O-])c(S(=O)(=O)N(C)CC(C)(C)CN)c1C.Cl. The molecule has 0 aliphatic rings. The molecule has 0 amide bonds. The average Bonchev–Trinajstić information content (AvgIpc) is 2.40. The van der Waals surface area contributed by atoms with Crippen molar-refractivity contribution in [1.82, 2.24) is 4.31 Å². The van der Waals surface area contributed by atoms with Gasteiger partial charge in [-0.3, -0.25) is 10.1 Å². The van der Waals surface area contributed by atoms with Crippen molar-refractivity contribution in [3.8, 4) is 0 Å². The summed E-state index contributed by atoms with van der Waals surface area (Å²) in [4.78, 5) is 10.3. The van der Waals surface area contributed by atoms with E-state index in [9.17, 15) is 18.5 Å². The smallest absolute Gasteiger partial charge is 0.289 e. The Morgan fingerprint density at radius 3 is 2.26 bits per heavy atom. The highest BCUT2D eigenvalue weighted by atomic mass is 35.5. The van der Waals surface area contributed by atoms with Gasteiger partial charge in [0.2, 0.25) is 10.0 Å². The maximum atomic E-state index is 12.8. The van der Waals surface area contributed by atoms with Gasteiger partial charge in [-0.1, -0.05) is 19.9 Å². The molecule has 0 atom stereocenters. The van der Waals surface area contributed by atoms with Crippen LogP contribution in [0.4, 0.5) is 5.69 Å². The molecule has 1 rings (SSSR count). The largest absolute Gasteiger partial charge is 0.330 e. The Hall–Kier alpha value is -1.22. The van der Waals surface area contributed by atoms with E-state index >= 15 is 0 Å². The third-order valence-electron chi connectivity index (χ3n) is 3.72. The summed E-state index contributed by atoms with van der Waals surface area (Å²) in [5.41, 5.74) is 5.90. The lowest BCUT2D eigenvalue weighted by Gasteiger charge is -2.28. The number of halogens is 1. The van der Waals surface area contributed by atoms with Gasteiger partial charge in [-0.15, -0.1) is 12.4 Å². The molecule has 0 spiro atoms. The van der Waals surface area contributed by atoms with Gasteiger partial charge in [0, 0.05) is 19.7 Å². The van der Waals surface area contributed by atoms with Crippen LogP contribution >= 0.6 is 12.4 Å². The lowest BCUT2D eigenvalue weighted by Crippen LogP contribution is -2.40. The fourth-order valence-electron chi connectivity index (χ4n) is 2.15. The van der Waals surface area contributed by atoms with E-state index in [1.54, 1.807) is 19.9 Å². The Kier molecular flexibility index (Phi) is 7.16. The molecule has 9 heteroatoms. The van der Waals surface area contributed by atoms with Crippen LogP contribution in [0.2, 0.25) is 0 Å². The molecule has 0 heterocycles. The molecule has 1 aromatic rings. The Balaban J connectivity index is 0.00000484. The van der Waals surface area contributed by atoms with Crippen LogP contribution in [0.3, 0.4) is 0 Å². The number of nitro groups is 1. The maximum absolute atomic E-state index is 12.8. The molecular weight excluding hydrogens is 342 g/mol. The minimum Gasteiger partial charge on any atom is -0.330 e. The van der Waals surface area contributed by atoms with Gasteiger partial charge >= 0.3 is 0 Å². The molecule has 7 nitrogen and oxygen atoms in total. The van der Waals surface area contributed by atoms with Crippen LogP contribution in [0.1, 0.15) is 25.0 Å². The standard InChI is InChI=1S/C14H23N3O4S.ClH/c1-10-6-7-12(17(18)19)13(11(10)2)22(20,21)16(5)9-14(3,4)8-15;/h6-7H,8-9,15H2,1-5H3;1H. The second-order valence-electron chi connectivity index (χ2n) is 6.24. The fourth-order valence-corrected chi connectivity index (χ4v) is 3.94. The minimum atomic E-state index is -3.97. The molecule has 23 heavy (non-hydrogen) atoms. The molecule has 0 fully saturated rings. The monoisotopic (exact) mass is 365 g/mol. The molecule has 0 aromatic heterocycles. The van der Waals surface area contributed by atoms with Gasteiger partial charge in [-0.05, 0) is 36.9 Å². The summed E-state index contributed by atoms with van der Waals surface area (Å²) in [6.07, 6.45) is 0. The van der Waals surface area contributed by atoms with Crippen LogP contribution in [-0.4, -0.2) is 37.8 Å². The molecule has 0 aliphatic carbocycles. The van der Waals surface area contributed by atoms with Crippen LogP contribution in [0.5, 0.6) is 0 Å². The van der Waals surface area contributed by atoms with Crippen LogP contribution in [-0.2, 0) is 10.0 Å². The highest BCUT2D eigenvalue weighted by Crippen LogP contribution is 2.32. The normalized spacial score (nSPS) is 12.1. The summed E-state index contributed by atoms with van der Waals surface area (Å²) >= 11 is 0. The van der Waals surface area contributed by atoms with Crippen molar-refractivity contribution in [2.75, 3.05) is 20.1 Å². The van der Waals surface area contributed by atoms with E-state index in [1.165, 1.54) is 13.1 Å². The van der Waals surface area contributed by atoms with Crippen LogP contribution < -0.4 is 5.73 Å². The average molecular weight is 366 g/mol. The zero-order chi connectivity index (χ0) is 17.3. The third-order valence-corrected chi connectivity index (χ3v) is 5.71. The molecule has 0 saturated heterocycles. The molecule has 1 aromatic carbocycles. The Morgan fingerprint density at radius 1 is 1.30 bits per heavy atom. The molecule has 0 aliphatic heterocycles. The zero-order valence-electron chi connectivity index (χ0n) is 14.0. The number of hydrogen-bond donors (Lipinski definition) is 1. The van der Waals surface area contributed by atoms with Crippen LogP contribution in [0.25, 0.3) is 0 Å². The Bertz CT molecular complexity index is 690. The van der Waals surface area contributed by atoms with Gasteiger partial charge < -0.3 is 5.73 Å². The van der Waals surface area contributed by atoms with Crippen molar-refractivity contribution in [1.29, 1.82) is 0 Å². The second-order valence-corrected chi connectivity index (χ2v) is 8.22. The molecule has 132 valence electrons. The summed E-state index contributed by atoms with van der Waals surface area (Å²) in [6.45, 7) is 7.48. The van der Waals surface area contributed by atoms with Crippen molar-refractivity contribution in [3.05, 3.63) is 33.4 Å². The number of hydrogen-bond acceptors (Lipinski definition) is 5. The van der Waals surface area contributed by atoms with Gasteiger partial charge in [0.05, 0.1) is 4.92 Å². The second kappa shape index (κ2) is 7.57. The molecule has 0 saturated carbocycles. The highest BCUT2D eigenvalue weighted by Gasteiger charge is 2.34. The van der Waals surface area contributed by atoms with E-state index in [1.807, 2.05) is 13.8 Å². The van der Waals surface area contributed by atoms with E-state index < -0.39 is 26.0 Å². The summed E-state index contributed by atoms with van der Waals surface area (Å²) in [5, 5.41) is 11.2. The predicted molar refractivity (Wildman–Crippen MR) is 92.5 cm³/mol. The van der Waals surface area contributed by atoms with Crippen molar-refractivity contribution < 1.29 is 13.3 Å². The van der Waals surface area contributed by atoms with Crippen molar-refractivity contribution in [2.45, 2.75) is 32.6 Å². The predicted octanol–water partition coefficient (Wildman–Crippen LogP) is 2.24. The molecular formula is C14H24ClN3O4S. The number of sulfonamides is 1. The van der Waals surface area contributed by atoms with Crippen molar-refractivity contribution >= 4 is 28.1 Å². The van der Waals surface area contributed by atoms with E-state index in [4.69, 9.17) is 5.73 Å². The number of nitrogens with zero attached hydrogens (tertiary/aromatic N) is 2. The highest BCUT2D eigenvalue weighted by molar-refractivity contribution is 7.89. The van der Waals surface area contributed by atoms with E-state index in [0.29, 0.717) is 17.7 Å². The molecule has 0 bridgehead atoms. The van der Waals surface area contributed by atoms with Gasteiger partial charge in [0.25, 0.3) is 5.69 Å². The van der Waals surface area contributed by atoms with E-state index in [0.717, 1.165) is 4.31 Å². The van der Waals surface area contributed by atoms with Gasteiger partial charge in [0.1, 0.15) is 0 Å². The lowest BCUT2D eigenvalue weighted by molar-refractivity contribution is -0.388. The lowest BCUT2D eigenvalue weighted by atomic mass is 9.94. The zero-order valence-corrected chi connectivity index (χ0v) is 15.6. The molecule has 2 N–H and O–H groups in total. The summed E-state index contributed by atoms with van der Waals surface area (Å²) in [6, 6.07) is 2.79. The minimum absolute atomic E-state index is 0. The first-order valence-electron chi connectivity index (χ1n) is 6.85. The summed E-state index contributed by atoms with van der Waals surface area (Å²) in [5.74, 6) is 0. The number of nitro benzene ring substituents is 1. The van der Waals surface area contributed by atoms with Gasteiger partial charge in [0.15, 0.2) is 4.90 Å². The first-order valence-corrected chi connectivity index (χ1v) is 8.29. The first kappa shape index (κ1) is 21.8. The maximum Gasteiger partial charge on any atom is 0.289 e. The fraction of sp³-hybridized carbons (Fsp3) is 0.571. The summed E-state index contributed by atoms with van der Waals surface area (Å²) < 4.78 is 26.7. The van der Waals surface area contributed by atoms with Crippen molar-refractivity contribution in [2.24, 2.45) is 11.1 Å². The third kappa shape index (κ3) is 4.63. The van der Waals surface area contributed by atoms with E-state index in [2.05, 4.69) is 0 Å². The molecule has 0 unspecified atom stereocenters. The number of nitrogens with two attached hydrogens (primary N) is 1. The van der Waals surface area contributed by atoms with Crippen LogP contribution in [0.15, 0.2) is 17.0 Å². The molecule has 0 radical (unpaired) electrons. The van der Waals surface area contributed by atoms with Gasteiger partial charge in [-0.25, -0.2) is 12.7 Å². The topological polar surface area (TPSA) is 107 Å². The Labute approximate surface area is 143 Å². The summed E-state index contributed by atoms with van der Waals surface area (Å²) in [7, 11) is -2.56. The first-order chi connectivity index (χ1) is 9.94. The van der Waals surface area contributed by atoms with Crippen molar-refractivity contribution in [3.63, 3.8) is 0 Å². The quantitative estimate of drug-likeness (QED) is 0.614. The van der Waals surface area contributed by atoms with Crippen LogP contribution in [0, 0.1) is 29.4 Å². The Morgan fingerprint density at radius 2 is 1.83 bits per heavy atom. The number of rotatable bonds is 6. The van der Waals surface area contributed by atoms with Gasteiger partial charge in [-0.2, -0.15) is 0 Å². The number of aryl methyl sites for hydroxylation is 1.